The molecule has 0 N–H and O–H groups in total. The van der Waals surface area contributed by atoms with Gasteiger partial charge in [-0.15, -0.1) is 0 Å². The second-order valence-electron chi connectivity index (χ2n) is 6.18. The van der Waals surface area contributed by atoms with Crippen LogP contribution in [0.15, 0.2) is 48.5 Å². The van der Waals surface area contributed by atoms with Crippen LogP contribution in [0.1, 0.15) is 17.2 Å². The van der Waals surface area contributed by atoms with Gasteiger partial charge in [0.05, 0.1) is 6.04 Å². The molecule has 1 aliphatic rings. The van der Waals surface area contributed by atoms with E-state index < -0.39 is 0 Å². The van der Waals surface area contributed by atoms with Gasteiger partial charge in [-0.3, -0.25) is 4.90 Å². The van der Waals surface area contributed by atoms with E-state index in [1.165, 1.54) is 11.1 Å². The van der Waals surface area contributed by atoms with Crippen molar-refractivity contribution in [2.45, 2.75) is 6.04 Å². The number of hydrogen-bond donors (Lipinski definition) is 0. The van der Waals surface area contributed by atoms with Gasteiger partial charge >= 0.3 is 0 Å². The minimum Gasteiger partial charge on any atom is -0.492 e. The Morgan fingerprint density at radius 3 is 2.61 bits per heavy atom. The second kappa shape index (κ2) is 7.35. The molecule has 2 aromatic carbocycles. The summed E-state index contributed by atoms with van der Waals surface area (Å²) in [7, 11) is 4.22. The summed E-state index contributed by atoms with van der Waals surface area (Å²) >= 11 is 6.08. The number of hydrogen-bond acceptors (Lipinski definition) is 3. The Bertz CT molecular complexity index is 642. The lowest BCUT2D eigenvalue weighted by molar-refractivity contribution is 0.185. The van der Waals surface area contributed by atoms with Crippen LogP contribution in [0.25, 0.3) is 0 Å². The number of benzene rings is 2. The van der Waals surface area contributed by atoms with Crippen molar-refractivity contribution in [2.75, 3.05) is 40.3 Å². The fourth-order valence-electron chi connectivity index (χ4n) is 3.04. The Labute approximate surface area is 143 Å². The van der Waals surface area contributed by atoms with Crippen molar-refractivity contribution < 1.29 is 4.74 Å². The molecule has 3 rings (SSSR count). The maximum atomic E-state index is 6.08. The molecule has 1 aliphatic heterocycles. The summed E-state index contributed by atoms with van der Waals surface area (Å²) in [6.45, 7) is 3.65. The van der Waals surface area contributed by atoms with Crippen molar-refractivity contribution in [3.63, 3.8) is 0 Å². The summed E-state index contributed by atoms with van der Waals surface area (Å²) < 4.78 is 5.98. The van der Waals surface area contributed by atoms with Gasteiger partial charge in [-0.1, -0.05) is 41.9 Å². The van der Waals surface area contributed by atoms with Gasteiger partial charge in [-0.05, 0) is 37.9 Å². The van der Waals surface area contributed by atoms with Gasteiger partial charge in [0.1, 0.15) is 12.4 Å². The molecule has 3 nitrogen and oxygen atoms in total. The molecule has 122 valence electrons. The maximum absolute atomic E-state index is 6.08. The first kappa shape index (κ1) is 16.3. The van der Waals surface area contributed by atoms with E-state index in [-0.39, 0.29) is 6.04 Å². The molecule has 0 fully saturated rings. The van der Waals surface area contributed by atoms with Crippen molar-refractivity contribution in [3.8, 4) is 5.75 Å². The van der Waals surface area contributed by atoms with Crippen molar-refractivity contribution in [3.05, 3.63) is 64.7 Å². The van der Waals surface area contributed by atoms with Crippen LogP contribution in [0.2, 0.25) is 5.02 Å². The largest absolute Gasteiger partial charge is 0.492 e. The molecule has 23 heavy (non-hydrogen) atoms. The molecule has 0 bridgehead atoms. The fourth-order valence-corrected chi connectivity index (χ4v) is 3.17. The highest BCUT2D eigenvalue weighted by molar-refractivity contribution is 6.30. The van der Waals surface area contributed by atoms with Crippen molar-refractivity contribution in [2.24, 2.45) is 0 Å². The molecular formula is C19H23ClN2O. The molecule has 2 aromatic rings. The van der Waals surface area contributed by atoms with E-state index in [2.05, 4.69) is 54.2 Å². The van der Waals surface area contributed by atoms with Gasteiger partial charge in [-0.25, -0.2) is 0 Å². The number of para-hydroxylation sites is 1. The van der Waals surface area contributed by atoms with Crippen molar-refractivity contribution in [1.29, 1.82) is 0 Å². The third-order valence-electron chi connectivity index (χ3n) is 4.23. The van der Waals surface area contributed by atoms with Gasteiger partial charge in [-0.2, -0.15) is 0 Å². The normalized spacial score (nSPS) is 18.3. The van der Waals surface area contributed by atoms with Gasteiger partial charge < -0.3 is 9.64 Å². The highest BCUT2D eigenvalue weighted by Crippen LogP contribution is 2.36. The lowest BCUT2D eigenvalue weighted by Gasteiger charge is -2.31. The van der Waals surface area contributed by atoms with Crippen LogP contribution in [0.5, 0.6) is 5.75 Å². The number of halogens is 1. The standard InChI is InChI=1S/C19H23ClN2O/c1-21(2)11-12-22-13-14-23-18-6-4-3-5-17(18)19(22)15-7-9-16(20)10-8-15/h3-10,19H,11-14H2,1-2H3. The van der Waals surface area contributed by atoms with E-state index in [9.17, 15) is 0 Å². The van der Waals surface area contributed by atoms with Crippen LogP contribution in [0.4, 0.5) is 0 Å². The maximum Gasteiger partial charge on any atom is 0.124 e. The van der Waals surface area contributed by atoms with Crippen LogP contribution < -0.4 is 4.74 Å². The number of nitrogens with zero attached hydrogens (tertiary/aromatic N) is 2. The SMILES string of the molecule is CN(C)CCN1CCOc2ccccc2C1c1ccc(Cl)cc1. The van der Waals surface area contributed by atoms with E-state index in [1.807, 2.05) is 18.2 Å². The third kappa shape index (κ3) is 3.86. The van der Waals surface area contributed by atoms with E-state index in [0.717, 1.165) is 30.4 Å². The summed E-state index contributed by atoms with van der Waals surface area (Å²) in [4.78, 5) is 4.71. The Hall–Kier alpha value is -1.55. The zero-order valence-corrected chi connectivity index (χ0v) is 14.5. The molecule has 0 saturated heterocycles. The molecule has 1 unspecified atom stereocenters. The smallest absolute Gasteiger partial charge is 0.124 e. The molecule has 0 amide bonds. The molecule has 0 saturated carbocycles. The molecule has 0 radical (unpaired) electrons. The topological polar surface area (TPSA) is 15.7 Å². The van der Waals surface area contributed by atoms with E-state index in [0.29, 0.717) is 6.61 Å². The summed E-state index contributed by atoms with van der Waals surface area (Å²) in [5, 5.41) is 0.770. The molecule has 4 heteroatoms. The van der Waals surface area contributed by atoms with Crippen LogP contribution in [0, 0.1) is 0 Å². The average molecular weight is 331 g/mol. The first-order valence-corrected chi connectivity index (χ1v) is 8.39. The van der Waals surface area contributed by atoms with Crippen molar-refractivity contribution in [1.82, 2.24) is 9.80 Å². The Kier molecular flexibility index (Phi) is 5.21. The number of rotatable bonds is 4. The minimum absolute atomic E-state index is 0.200. The minimum atomic E-state index is 0.200. The average Bonchev–Trinajstić information content (AvgIpc) is 2.73. The van der Waals surface area contributed by atoms with Crippen LogP contribution in [0.3, 0.4) is 0 Å². The first-order valence-electron chi connectivity index (χ1n) is 8.01. The Balaban J connectivity index is 2.00. The molecular weight excluding hydrogens is 308 g/mol. The van der Waals surface area contributed by atoms with Crippen LogP contribution in [-0.4, -0.2) is 50.1 Å². The van der Waals surface area contributed by atoms with Gasteiger partial charge in [0, 0.05) is 30.2 Å². The molecule has 0 spiro atoms. The molecule has 1 atom stereocenters. The zero-order chi connectivity index (χ0) is 16.2. The predicted octanol–water partition coefficient (Wildman–Crippen LogP) is 3.69. The first-order chi connectivity index (χ1) is 11.1. The Morgan fingerprint density at radius 2 is 1.87 bits per heavy atom. The summed E-state index contributed by atoms with van der Waals surface area (Å²) in [6.07, 6.45) is 0. The highest BCUT2D eigenvalue weighted by atomic mass is 35.5. The summed E-state index contributed by atoms with van der Waals surface area (Å²) in [6, 6.07) is 16.7. The summed E-state index contributed by atoms with van der Waals surface area (Å²) in [5.41, 5.74) is 2.48. The summed E-state index contributed by atoms with van der Waals surface area (Å²) in [5.74, 6) is 0.986. The van der Waals surface area contributed by atoms with Crippen LogP contribution in [-0.2, 0) is 0 Å². The number of fused-ring (bicyclic) bond motifs is 1. The number of ether oxygens (including phenoxy) is 1. The number of likely N-dealkylation sites (N-methyl/N-ethyl adjacent to an activating group) is 1. The monoisotopic (exact) mass is 330 g/mol. The second-order valence-corrected chi connectivity index (χ2v) is 6.62. The van der Waals surface area contributed by atoms with E-state index in [1.54, 1.807) is 0 Å². The van der Waals surface area contributed by atoms with Gasteiger partial charge in [0.15, 0.2) is 0 Å². The van der Waals surface area contributed by atoms with Gasteiger partial charge in [0.2, 0.25) is 0 Å². The molecule has 0 aliphatic carbocycles. The van der Waals surface area contributed by atoms with E-state index >= 15 is 0 Å². The van der Waals surface area contributed by atoms with E-state index in [4.69, 9.17) is 16.3 Å². The van der Waals surface area contributed by atoms with Crippen molar-refractivity contribution >= 4 is 11.6 Å². The Morgan fingerprint density at radius 1 is 1.13 bits per heavy atom. The quantitative estimate of drug-likeness (QED) is 0.850. The fraction of sp³-hybridized carbons (Fsp3) is 0.368. The molecule has 1 heterocycles. The third-order valence-corrected chi connectivity index (χ3v) is 4.49. The van der Waals surface area contributed by atoms with Crippen LogP contribution >= 0.6 is 11.6 Å². The zero-order valence-electron chi connectivity index (χ0n) is 13.7. The van der Waals surface area contributed by atoms with Gasteiger partial charge in [0.25, 0.3) is 0 Å². The molecule has 0 aromatic heterocycles. The predicted molar refractivity (Wildman–Crippen MR) is 95.4 cm³/mol. The lowest BCUT2D eigenvalue weighted by Crippen LogP contribution is -2.36. The lowest BCUT2D eigenvalue weighted by atomic mass is 9.96. The highest BCUT2D eigenvalue weighted by Gasteiger charge is 2.27.